The second kappa shape index (κ2) is 8.23. The summed E-state index contributed by atoms with van der Waals surface area (Å²) in [6.07, 6.45) is 0.878. The van der Waals surface area contributed by atoms with Crippen LogP contribution in [0, 0.1) is 0 Å². The smallest absolute Gasteiger partial charge is 0.0449 e. The molecule has 0 aliphatic heterocycles. The van der Waals surface area contributed by atoms with Crippen molar-refractivity contribution in [3.63, 3.8) is 0 Å². The highest BCUT2D eigenvalue weighted by Crippen LogP contribution is 2.27. The van der Waals surface area contributed by atoms with E-state index in [1.165, 1.54) is 10.5 Å². The quantitative estimate of drug-likeness (QED) is 0.639. The Hall–Kier alpha value is -0.480. The van der Waals surface area contributed by atoms with E-state index in [1.807, 2.05) is 30.9 Å². The van der Waals surface area contributed by atoms with Gasteiger partial charge in [-0.2, -0.15) is 0 Å². The maximum atomic E-state index is 6.32. The Balaban J connectivity index is 2.15. The van der Waals surface area contributed by atoms with Gasteiger partial charge >= 0.3 is 0 Å². The fourth-order valence-electron chi connectivity index (χ4n) is 2.26. The molecule has 0 radical (unpaired) electrons. The normalized spacial score (nSPS) is 12.4. The van der Waals surface area contributed by atoms with Crippen LogP contribution < -0.4 is 5.32 Å². The van der Waals surface area contributed by atoms with Crippen LogP contribution in [0.25, 0.3) is 0 Å². The molecule has 21 heavy (non-hydrogen) atoms. The van der Waals surface area contributed by atoms with Crippen LogP contribution in [-0.2, 0) is 6.42 Å². The molecule has 1 atom stereocenters. The summed E-state index contributed by atoms with van der Waals surface area (Å²) in [7, 11) is 1.99. The zero-order chi connectivity index (χ0) is 15.2. The summed E-state index contributed by atoms with van der Waals surface area (Å²) in [5, 5.41) is 4.19. The monoisotopic (exact) mass is 383 g/mol. The summed E-state index contributed by atoms with van der Waals surface area (Å²) in [4.78, 5) is 1.32. The van der Waals surface area contributed by atoms with E-state index in [1.54, 1.807) is 0 Å². The van der Waals surface area contributed by atoms with Crippen molar-refractivity contribution in [3.05, 3.63) is 63.1 Å². The molecule has 0 saturated carbocycles. The lowest BCUT2D eigenvalue weighted by molar-refractivity contribution is 0.592. The molecule has 2 rings (SSSR count). The average molecular weight is 385 g/mol. The van der Waals surface area contributed by atoms with Crippen LogP contribution >= 0.6 is 39.3 Å². The van der Waals surface area contributed by atoms with Gasteiger partial charge in [0.25, 0.3) is 0 Å². The Bertz CT molecular complexity index is 586. The molecule has 0 amide bonds. The second-order valence-electron chi connectivity index (χ2n) is 4.78. The lowest BCUT2D eigenvalue weighted by Gasteiger charge is -2.18. The lowest BCUT2D eigenvalue weighted by atomic mass is 9.99. The van der Waals surface area contributed by atoms with Crippen LogP contribution in [-0.4, -0.2) is 12.8 Å². The summed E-state index contributed by atoms with van der Waals surface area (Å²) in [6, 6.07) is 15.1. The van der Waals surface area contributed by atoms with E-state index in [0.717, 1.165) is 27.2 Å². The molecule has 0 fully saturated rings. The van der Waals surface area contributed by atoms with Crippen LogP contribution in [0.15, 0.2) is 51.8 Å². The molecule has 2 aromatic carbocycles. The SMILES string of the molecule is CCSc1ccc(C(Cc2ccc(Br)cc2Cl)NC)cc1. The molecule has 0 spiro atoms. The number of rotatable bonds is 6. The maximum absolute atomic E-state index is 6.32. The Labute approximate surface area is 144 Å². The van der Waals surface area contributed by atoms with Gasteiger partial charge in [-0.1, -0.05) is 52.7 Å². The van der Waals surface area contributed by atoms with E-state index in [4.69, 9.17) is 11.6 Å². The molecule has 1 N–H and O–H groups in total. The molecule has 112 valence electrons. The number of nitrogens with one attached hydrogen (secondary N) is 1. The summed E-state index contributed by atoms with van der Waals surface area (Å²) in [6.45, 7) is 2.17. The molecule has 0 heterocycles. The first-order valence-corrected chi connectivity index (χ1v) is 9.13. The van der Waals surface area contributed by atoms with Gasteiger partial charge in [-0.3, -0.25) is 0 Å². The number of halogens is 2. The van der Waals surface area contributed by atoms with Gasteiger partial charge < -0.3 is 5.32 Å². The number of likely N-dealkylation sites (N-methyl/N-ethyl adjacent to an activating group) is 1. The van der Waals surface area contributed by atoms with E-state index >= 15 is 0 Å². The summed E-state index contributed by atoms with van der Waals surface area (Å²) in [5.41, 5.74) is 2.45. The van der Waals surface area contributed by atoms with Crippen LogP contribution in [0.2, 0.25) is 5.02 Å². The van der Waals surface area contributed by atoms with Gasteiger partial charge in [-0.05, 0) is 54.6 Å². The topological polar surface area (TPSA) is 12.0 Å². The average Bonchev–Trinajstić information content (AvgIpc) is 2.48. The summed E-state index contributed by atoms with van der Waals surface area (Å²) >= 11 is 11.6. The van der Waals surface area contributed by atoms with Crippen LogP contribution in [0.5, 0.6) is 0 Å². The van der Waals surface area contributed by atoms with E-state index in [9.17, 15) is 0 Å². The zero-order valence-corrected chi connectivity index (χ0v) is 15.4. The van der Waals surface area contributed by atoms with E-state index in [-0.39, 0.29) is 6.04 Å². The highest BCUT2D eigenvalue weighted by Gasteiger charge is 2.12. The second-order valence-corrected chi connectivity index (χ2v) is 7.44. The molecule has 1 nitrogen and oxygen atoms in total. The van der Waals surface area contributed by atoms with Gasteiger partial charge in [0.15, 0.2) is 0 Å². The van der Waals surface area contributed by atoms with Crippen molar-refractivity contribution in [2.24, 2.45) is 0 Å². The molecular formula is C17H19BrClNS. The van der Waals surface area contributed by atoms with Crippen LogP contribution in [0.3, 0.4) is 0 Å². The van der Waals surface area contributed by atoms with Crippen molar-refractivity contribution in [2.75, 3.05) is 12.8 Å². The summed E-state index contributed by atoms with van der Waals surface area (Å²) in [5.74, 6) is 1.10. The number of benzene rings is 2. The van der Waals surface area contributed by atoms with Crippen molar-refractivity contribution in [1.82, 2.24) is 5.32 Å². The number of hydrogen-bond acceptors (Lipinski definition) is 2. The lowest BCUT2D eigenvalue weighted by Crippen LogP contribution is -2.18. The highest BCUT2D eigenvalue weighted by molar-refractivity contribution is 9.10. The molecule has 0 saturated heterocycles. The van der Waals surface area contributed by atoms with E-state index in [2.05, 4.69) is 58.5 Å². The fourth-order valence-corrected chi connectivity index (χ4v) is 3.67. The number of hydrogen-bond donors (Lipinski definition) is 1. The fraction of sp³-hybridized carbons (Fsp3) is 0.294. The summed E-state index contributed by atoms with van der Waals surface area (Å²) < 4.78 is 1.01. The van der Waals surface area contributed by atoms with Gasteiger partial charge in [0.1, 0.15) is 0 Å². The third-order valence-corrected chi connectivity index (χ3v) is 5.12. The Morgan fingerprint density at radius 1 is 1.19 bits per heavy atom. The van der Waals surface area contributed by atoms with E-state index in [0.29, 0.717) is 0 Å². The molecule has 2 aromatic rings. The first kappa shape index (κ1) is 16.9. The zero-order valence-electron chi connectivity index (χ0n) is 12.2. The third kappa shape index (κ3) is 4.75. The predicted molar refractivity (Wildman–Crippen MR) is 97.5 cm³/mol. The minimum Gasteiger partial charge on any atom is -0.313 e. The molecule has 0 aliphatic carbocycles. The molecule has 0 aliphatic rings. The first-order valence-electron chi connectivity index (χ1n) is 6.98. The van der Waals surface area contributed by atoms with Crippen molar-refractivity contribution in [3.8, 4) is 0 Å². The molecular weight excluding hydrogens is 366 g/mol. The minimum absolute atomic E-state index is 0.268. The Morgan fingerprint density at radius 3 is 2.48 bits per heavy atom. The molecule has 0 bridgehead atoms. The Morgan fingerprint density at radius 2 is 1.90 bits per heavy atom. The molecule has 1 unspecified atom stereocenters. The van der Waals surface area contributed by atoms with Gasteiger partial charge in [0.05, 0.1) is 0 Å². The minimum atomic E-state index is 0.268. The van der Waals surface area contributed by atoms with Crippen LogP contribution in [0.1, 0.15) is 24.1 Å². The van der Waals surface area contributed by atoms with Crippen molar-refractivity contribution in [1.29, 1.82) is 0 Å². The Kier molecular flexibility index (Phi) is 6.62. The van der Waals surface area contributed by atoms with Crippen molar-refractivity contribution >= 4 is 39.3 Å². The van der Waals surface area contributed by atoms with E-state index < -0.39 is 0 Å². The highest BCUT2D eigenvalue weighted by atomic mass is 79.9. The largest absolute Gasteiger partial charge is 0.313 e. The number of thioether (sulfide) groups is 1. The third-order valence-electron chi connectivity index (χ3n) is 3.38. The van der Waals surface area contributed by atoms with Gasteiger partial charge in [0.2, 0.25) is 0 Å². The molecule has 0 aromatic heterocycles. The predicted octanol–water partition coefficient (Wildman–Crippen LogP) is 5.72. The standard InChI is InChI=1S/C17H19BrClNS/c1-3-21-15-8-5-12(6-9-15)17(20-2)10-13-4-7-14(18)11-16(13)19/h4-9,11,17,20H,3,10H2,1-2H3. The first-order chi connectivity index (χ1) is 10.1. The van der Waals surface area contributed by atoms with Crippen molar-refractivity contribution < 1.29 is 0 Å². The van der Waals surface area contributed by atoms with Crippen molar-refractivity contribution in [2.45, 2.75) is 24.3 Å². The van der Waals surface area contributed by atoms with Gasteiger partial charge in [-0.15, -0.1) is 11.8 Å². The maximum Gasteiger partial charge on any atom is 0.0449 e. The van der Waals surface area contributed by atoms with Gasteiger partial charge in [-0.25, -0.2) is 0 Å². The molecule has 4 heteroatoms. The van der Waals surface area contributed by atoms with Crippen LogP contribution in [0.4, 0.5) is 0 Å². The van der Waals surface area contributed by atoms with Gasteiger partial charge in [0, 0.05) is 20.4 Å².